The van der Waals surface area contributed by atoms with Crippen molar-refractivity contribution in [2.24, 2.45) is 0 Å². The Morgan fingerprint density at radius 1 is 1.64 bits per heavy atom. The Hall–Kier alpha value is -0.980. The van der Waals surface area contributed by atoms with E-state index in [4.69, 9.17) is 16.9 Å². The minimum absolute atomic E-state index is 0.179. The smallest absolute Gasteiger partial charge is 0.152 e. The summed E-state index contributed by atoms with van der Waals surface area (Å²) in [5.41, 5.74) is 0.889. The van der Waals surface area contributed by atoms with E-state index in [9.17, 15) is 4.79 Å². The highest BCUT2D eigenvalue weighted by atomic mass is 35.5. The zero-order valence-corrected chi connectivity index (χ0v) is 9.14. The first-order chi connectivity index (χ1) is 6.57. The monoisotopic (exact) mass is 225 g/mol. The quantitative estimate of drug-likeness (QED) is 0.621. The SMILES string of the molecule is CC(=O)C(Cl)c1cccc(S)c1C#N. The number of hydrogen-bond acceptors (Lipinski definition) is 3. The molecule has 1 aromatic rings. The number of hydrogen-bond donors (Lipinski definition) is 1. The Balaban J connectivity index is 3.29. The van der Waals surface area contributed by atoms with Crippen LogP contribution in [0.15, 0.2) is 23.1 Å². The summed E-state index contributed by atoms with van der Waals surface area (Å²) in [6.45, 7) is 1.39. The molecule has 0 aliphatic heterocycles. The molecule has 0 bridgehead atoms. The highest BCUT2D eigenvalue weighted by molar-refractivity contribution is 7.80. The Labute approximate surface area is 92.9 Å². The van der Waals surface area contributed by atoms with Gasteiger partial charge in [0, 0.05) is 4.90 Å². The van der Waals surface area contributed by atoms with Gasteiger partial charge in [0.15, 0.2) is 5.78 Å². The number of ketones is 1. The second-order valence-corrected chi connectivity index (χ2v) is 3.74. The normalized spacial score (nSPS) is 11.9. The summed E-state index contributed by atoms with van der Waals surface area (Å²) >= 11 is 9.98. The van der Waals surface area contributed by atoms with Crippen molar-refractivity contribution < 1.29 is 4.79 Å². The van der Waals surface area contributed by atoms with Crippen LogP contribution >= 0.6 is 24.2 Å². The molecule has 0 aromatic heterocycles. The van der Waals surface area contributed by atoms with E-state index in [1.165, 1.54) is 6.92 Å². The summed E-state index contributed by atoms with van der Waals surface area (Å²) in [7, 11) is 0. The number of nitrogens with zero attached hydrogens (tertiary/aromatic N) is 1. The van der Waals surface area contributed by atoms with Crippen LogP contribution in [-0.2, 0) is 4.79 Å². The van der Waals surface area contributed by atoms with E-state index >= 15 is 0 Å². The Kier molecular flexibility index (Phi) is 3.56. The largest absolute Gasteiger partial charge is 0.298 e. The summed E-state index contributed by atoms with van der Waals surface area (Å²) in [5.74, 6) is -0.179. The first-order valence-corrected chi connectivity index (χ1v) is 4.82. The van der Waals surface area contributed by atoms with E-state index < -0.39 is 5.38 Å². The fourth-order valence-electron chi connectivity index (χ4n) is 1.11. The van der Waals surface area contributed by atoms with Gasteiger partial charge in [-0.1, -0.05) is 12.1 Å². The van der Waals surface area contributed by atoms with Gasteiger partial charge in [-0.2, -0.15) is 5.26 Å². The fraction of sp³-hybridized carbons (Fsp3) is 0.200. The van der Waals surface area contributed by atoms with Gasteiger partial charge in [-0.3, -0.25) is 4.79 Å². The molecular weight excluding hydrogens is 218 g/mol. The van der Waals surface area contributed by atoms with Gasteiger partial charge in [0.2, 0.25) is 0 Å². The summed E-state index contributed by atoms with van der Waals surface area (Å²) < 4.78 is 0. The number of carbonyl (C=O) groups excluding carboxylic acids is 1. The van der Waals surface area contributed by atoms with Crippen LogP contribution < -0.4 is 0 Å². The van der Waals surface area contributed by atoms with E-state index in [1.54, 1.807) is 18.2 Å². The van der Waals surface area contributed by atoms with Crippen molar-refractivity contribution in [2.45, 2.75) is 17.2 Å². The molecule has 0 N–H and O–H groups in total. The average Bonchev–Trinajstić information content (AvgIpc) is 2.16. The third kappa shape index (κ3) is 2.09. The maximum Gasteiger partial charge on any atom is 0.152 e. The molecule has 0 saturated carbocycles. The lowest BCUT2D eigenvalue weighted by Gasteiger charge is -2.08. The fourth-order valence-corrected chi connectivity index (χ4v) is 1.56. The molecule has 0 aliphatic carbocycles. The zero-order chi connectivity index (χ0) is 10.7. The van der Waals surface area contributed by atoms with Crippen molar-refractivity contribution in [1.29, 1.82) is 5.26 Å². The maximum absolute atomic E-state index is 11.1. The summed E-state index contributed by atoms with van der Waals surface area (Å²) in [6, 6.07) is 7.06. The van der Waals surface area contributed by atoms with Crippen molar-refractivity contribution >= 4 is 30.0 Å². The molecule has 2 nitrogen and oxygen atoms in total. The minimum Gasteiger partial charge on any atom is -0.298 e. The van der Waals surface area contributed by atoms with Crippen LogP contribution in [0.25, 0.3) is 0 Å². The first kappa shape index (κ1) is 11.1. The minimum atomic E-state index is -0.767. The molecule has 4 heteroatoms. The Bertz CT molecular complexity index is 411. The molecule has 0 aliphatic rings. The number of nitriles is 1. The highest BCUT2D eigenvalue weighted by Crippen LogP contribution is 2.28. The maximum atomic E-state index is 11.1. The molecule has 0 saturated heterocycles. The molecule has 0 fully saturated rings. The van der Waals surface area contributed by atoms with E-state index in [0.29, 0.717) is 16.0 Å². The van der Waals surface area contributed by atoms with Crippen LogP contribution in [0.5, 0.6) is 0 Å². The van der Waals surface area contributed by atoms with Gasteiger partial charge in [0.1, 0.15) is 11.4 Å². The molecule has 1 aromatic carbocycles. The van der Waals surface area contributed by atoms with Crippen LogP contribution in [0.2, 0.25) is 0 Å². The Morgan fingerprint density at radius 3 is 2.79 bits per heavy atom. The van der Waals surface area contributed by atoms with Crippen molar-refractivity contribution in [2.75, 3.05) is 0 Å². The molecule has 1 unspecified atom stereocenters. The van der Waals surface area contributed by atoms with Crippen LogP contribution in [0.4, 0.5) is 0 Å². The van der Waals surface area contributed by atoms with Gasteiger partial charge in [-0.25, -0.2) is 0 Å². The van der Waals surface area contributed by atoms with Gasteiger partial charge >= 0.3 is 0 Å². The standard InChI is InChI=1S/C10H8ClNOS/c1-6(13)10(11)7-3-2-4-9(14)8(7)5-12/h2-4,10,14H,1H3. The molecule has 1 atom stereocenters. The average molecular weight is 226 g/mol. The second-order valence-electron chi connectivity index (χ2n) is 2.83. The van der Waals surface area contributed by atoms with Crippen molar-refractivity contribution in [3.05, 3.63) is 29.3 Å². The lowest BCUT2D eigenvalue weighted by atomic mass is 10.0. The van der Waals surface area contributed by atoms with Crippen LogP contribution in [-0.4, -0.2) is 5.78 Å². The molecular formula is C10H8ClNOS. The number of thiol groups is 1. The number of halogens is 1. The van der Waals surface area contributed by atoms with Crippen molar-refractivity contribution in [3.63, 3.8) is 0 Å². The zero-order valence-electron chi connectivity index (χ0n) is 7.49. The molecule has 72 valence electrons. The third-order valence-electron chi connectivity index (χ3n) is 1.82. The number of alkyl halides is 1. The molecule has 14 heavy (non-hydrogen) atoms. The molecule has 0 spiro atoms. The Morgan fingerprint density at radius 2 is 2.29 bits per heavy atom. The topological polar surface area (TPSA) is 40.9 Å². The van der Waals surface area contributed by atoms with Crippen LogP contribution in [0, 0.1) is 11.3 Å². The van der Waals surface area contributed by atoms with Gasteiger partial charge in [0.25, 0.3) is 0 Å². The van der Waals surface area contributed by atoms with Gasteiger partial charge in [-0.15, -0.1) is 24.2 Å². The van der Waals surface area contributed by atoms with Crippen molar-refractivity contribution in [1.82, 2.24) is 0 Å². The van der Waals surface area contributed by atoms with Gasteiger partial charge < -0.3 is 0 Å². The summed E-state index contributed by atoms with van der Waals surface area (Å²) in [4.78, 5) is 11.6. The van der Waals surface area contributed by atoms with Crippen LogP contribution in [0.3, 0.4) is 0 Å². The van der Waals surface area contributed by atoms with Gasteiger partial charge in [0.05, 0.1) is 5.56 Å². The number of carbonyl (C=O) groups is 1. The number of Topliss-reactive ketones (excluding diaryl/α,β-unsaturated/α-hetero) is 1. The van der Waals surface area contributed by atoms with E-state index in [1.807, 2.05) is 6.07 Å². The first-order valence-electron chi connectivity index (χ1n) is 3.94. The second kappa shape index (κ2) is 4.50. The molecule has 0 amide bonds. The summed E-state index contributed by atoms with van der Waals surface area (Å²) in [5, 5.41) is 8.09. The van der Waals surface area contributed by atoms with E-state index in [-0.39, 0.29) is 5.78 Å². The predicted octanol–water partition coefficient (Wildman–Crippen LogP) is 2.72. The highest BCUT2D eigenvalue weighted by Gasteiger charge is 2.17. The molecule has 1 rings (SSSR count). The molecule has 0 radical (unpaired) electrons. The van der Waals surface area contributed by atoms with Gasteiger partial charge in [-0.05, 0) is 18.6 Å². The predicted molar refractivity (Wildman–Crippen MR) is 57.7 cm³/mol. The van der Waals surface area contributed by atoms with Crippen LogP contribution in [0.1, 0.15) is 23.4 Å². The lowest BCUT2D eigenvalue weighted by Crippen LogP contribution is -2.04. The summed E-state index contributed by atoms with van der Waals surface area (Å²) in [6.07, 6.45) is 0. The van der Waals surface area contributed by atoms with E-state index in [0.717, 1.165) is 0 Å². The third-order valence-corrected chi connectivity index (χ3v) is 2.73. The number of rotatable bonds is 2. The van der Waals surface area contributed by atoms with Crippen molar-refractivity contribution in [3.8, 4) is 6.07 Å². The van der Waals surface area contributed by atoms with E-state index in [2.05, 4.69) is 12.6 Å². The molecule has 0 heterocycles. The lowest BCUT2D eigenvalue weighted by molar-refractivity contribution is -0.116. The number of benzene rings is 1.